The summed E-state index contributed by atoms with van der Waals surface area (Å²) in [6, 6.07) is 10.00. The van der Waals surface area contributed by atoms with Crippen molar-refractivity contribution in [3.05, 3.63) is 66.0 Å². The number of ether oxygens (including phenoxy) is 1. The van der Waals surface area contributed by atoms with E-state index in [9.17, 15) is 9.46 Å². The summed E-state index contributed by atoms with van der Waals surface area (Å²) in [4.78, 5) is 23.7. The second kappa shape index (κ2) is 10.5. The number of aromatic nitrogens is 2. The number of rotatable bonds is 7. The molecule has 8 heteroatoms. The van der Waals surface area contributed by atoms with Gasteiger partial charge < -0.3 is 15.4 Å². The Morgan fingerprint density at radius 2 is 1.89 bits per heavy atom. The molecule has 2 atom stereocenters. The van der Waals surface area contributed by atoms with E-state index in [0.717, 1.165) is 49.0 Å². The minimum atomic E-state index is -3.11. The molecule has 0 radical (unpaired) electrons. The van der Waals surface area contributed by atoms with Gasteiger partial charge in [0, 0.05) is 12.3 Å². The molecule has 0 spiro atoms. The van der Waals surface area contributed by atoms with Crippen molar-refractivity contribution in [2.45, 2.75) is 58.0 Å². The molecule has 2 aliphatic carbocycles. The lowest BCUT2D eigenvalue weighted by Gasteiger charge is -2.36. The van der Waals surface area contributed by atoms with Gasteiger partial charge in [-0.25, -0.2) is 9.98 Å². The monoisotopic (exact) mass is 520 g/mol. The van der Waals surface area contributed by atoms with E-state index < -0.39 is 13.0 Å². The van der Waals surface area contributed by atoms with Gasteiger partial charge in [-0.15, -0.1) is 0 Å². The largest absolute Gasteiger partial charge is 0.463 e. The Labute approximate surface area is 219 Å². The van der Waals surface area contributed by atoms with Crippen LogP contribution in [0.4, 0.5) is 11.5 Å². The van der Waals surface area contributed by atoms with E-state index in [4.69, 9.17) is 15.5 Å². The van der Waals surface area contributed by atoms with Crippen molar-refractivity contribution in [1.82, 2.24) is 9.97 Å². The van der Waals surface area contributed by atoms with Gasteiger partial charge >= 0.3 is 0 Å². The number of benzene rings is 1. The van der Waals surface area contributed by atoms with Crippen LogP contribution in [0.1, 0.15) is 51.5 Å². The fraction of sp³-hybridized carbons (Fsp3) is 0.483. The number of aliphatic imine (C=N–C) groups is 1. The number of nitrogens with two attached hydrogens (primary N) is 1. The van der Waals surface area contributed by atoms with Gasteiger partial charge in [-0.1, -0.05) is 48.6 Å². The molecule has 1 fully saturated rings. The number of hydrogen-bond donors (Lipinski definition) is 2. The van der Waals surface area contributed by atoms with Crippen LogP contribution in [0.25, 0.3) is 0 Å². The molecule has 2 unspecified atom stereocenters. The first kappa shape index (κ1) is 25.9. The van der Waals surface area contributed by atoms with Crippen LogP contribution < -0.4 is 10.5 Å². The Hall–Kier alpha value is -2.76. The second-order valence-corrected chi connectivity index (χ2v) is 13.7. The van der Waals surface area contributed by atoms with Crippen LogP contribution in [0.3, 0.4) is 0 Å². The molecule has 2 aromatic rings. The van der Waals surface area contributed by atoms with Crippen molar-refractivity contribution in [3.8, 4) is 5.88 Å². The van der Waals surface area contributed by atoms with E-state index in [1.54, 1.807) is 0 Å². The number of aryl methyl sites for hydroxylation is 1. The minimum absolute atomic E-state index is 0.320. The zero-order valence-corrected chi connectivity index (χ0v) is 22.6. The predicted molar refractivity (Wildman–Crippen MR) is 149 cm³/mol. The van der Waals surface area contributed by atoms with E-state index in [1.807, 2.05) is 44.2 Å². The summed E-state index contributed by atoms with van der Waals surface area (Å²) in [6.45, 7) is 3.99. The number of nitrogens with zero attached hydrogens (tertiary/aromatic N) is 3. The van der Waals surface area contributed by atoms with Crippen molar-refractivity contribution in [2.24, 2.45) is 22.7 Å². The topological polar surface area (TPSA) is 111 Å². The zero-order valence-electron chi connectivity index (χ0n) is 21.7. The summed E-state index contributed by atoms with van der Waals surface area (Å²) in [7, 11) is -3.11. The smallest absolute Gasteiger partial charge is 0.246 e. The van der Waals surface area contributed by atoms with E-state index in [0.29, 0.717) is 53.9 Å². The number of hydrogen-bond acceptors (Lipinski definition) is 6. The number of nitrogen functional groups attached to an aromatic ring is 1. The van der Waals surface area contributed by atoms with Crippen LogP contribution in [0, 0.1) is 17.8 Å². The molecule has 1 saturated carbocycles. The molecule has 1 aromatic heterocycles. The van der Waals surface area contributed by atoms with Gasteiger partial charge in [0.1, 0.15) is 11.9 Å². The third-order valence-corrected chi connectivity index (χ3v) is 10.0. The molecule has 7 nitrogen and oxygen atoms in total. The molecule has 0 saturated heterocycles. The fourth-order valence-corrected chi connectivity index (χ4v) is 7.87. The average Bonchev–Trinajstić information content (AvgIpc) is 2.88. The Balaban J connectivity index is 1.15. The van der Waals surface area contributed by atoms with Crippen molar-refractivity contribution in [2.75, 3.05) is 18.1 Å². The van der Waals surface area contributed by atoms with Gasteiger partial charge in [-0.3, -0.25) is 4.57 Å². The average molecular weight is 521 g/mol. The highest BCUT2D eigenvalue weighted by atomic mass is 31.2. The molecule has 1 aliphatic heterocycles. The van der Waals surface area contributed by atoms with Crippen LogP contribution in [0.2, 0.25) is 0 Å². The Bertz CT molecular complexity index is 1260. The highest BCUT2D eigenvalue weighted by Crippen LogP contribution is 2.48. The van der Waals surface area contributed by atoms with Crippen LogP contribution in [-0.2, 0) is 11.0 Å². The Morgan fingerprint density at radius 1 is 1.14 bits per heavy atom. The number of anilines is 1. The quantitative estimate of drug-likeness (QED) is 0.425. The van der Waals surface area contributed by atoms with Crippen molar-refractivity contribution in [1.29, 1.82) is 0 Å². The lowest BCUT2D eigenvalue weighted by atomic mass is 9.73. The molecule has 5 rings (SSSR count). The molecule has 2 heterocycles. The van der Waals surface area contributed by atoms with Crippen molar-refractivity contribution in [3.63, 3.8) is 0 Å². The molecule has 1 aromatic carbocycles. The molecule has 3 aliphatic rings. The van der Waals surface area contributed by atoms with Gasteiger partial charge in [0.25, 0.3) is 0 Å². The summed E-state index contributed by atoms with van der Waals surface area (Å²) >= 11 is 0. The maximum Gasteiger partial charge on any atom is 0.246 e. The SMILES string of the molecule is CC1(C)Oc2ncnc(N)c2N=C1C1=CCC([C@H]2CC[C@H](CP(=O)(O)CCc3ccccc3)CC2)C=C1. The third kappa shape index (κ3) is 6.05. The highest BCUT2D eigenvalue weighted by Gasteiger charge is 2.37. The van der Waals surface area contributed by atoms with Gasteiger partial charge in [-0.05, 0) is 81.3 Å². The van der Waals surface area contributed by atoms with Crippen LogP contribution in [0.15, 0.2) is 65.5 Å². The summed E-state index contributed by atoms with van der Waals surface area (Å²) < 4.78 is 19.0. The predicted octanol–water partition coefficient (Wildman–Crippen LogP) is 6.12. The summed E-state index contributed by atoms with van der Waals surface area (Å²) in [6.07, 6.45) is 14.9. The lowest BCUT2D eigenvalue weighted by molar-refractivity contribution is 0.171. The first-order valence-electron chi connectivity index (χ1n) is 13.3. The van der Waals surface area contributed by atoms with E-state index in [-0.39, 0.29) is 0 Å². The lowest BCUT2D eigenvalue weighted by Crippen LogP contribution is -2.41. The number of fused-ring (bicyclic) bond motifs is 1. The standard InChI is InChI=1S/C29H37N4O3P/c1-29(2)26(33-25-27(30)31-19-32-28(25)36-29)24-14-12-23(13-15-24)22-10-8-21(9-11-22)18-37(34,35)17-16-20-6-4-3-5-7-20/h3-7,12,14-15,19,21-23H,8-11,13,16-18H2,1-2H3,(H,34,35)(H2,30,31,32)/t21-,22-,23?. The van der Waals surface area contributed by atoms with Crippen LogP contribution in [-0.4, -0.2) is 38.5 Å². The van der Waals surface area contributed by atoms with E-state index in [1.165, 1.54) is 6.33 Å². The molecular formula is C29H37N4O3P. The van der Waals surface area contributed by atoms with Gasteiger partial charge in [0.2, 0.25) is 13.2 Å². The van der Waals surface area contributed by atoms with Gasteiger partial charge in [0.05, 0.1) is 5.71 Å². The highest BCUT2D eigenvalue weighted by molar-refractivity contribution is 7.58. The summed E-state index contributed by atoms with van der Waals surface area (Å²) in [5.74, 6) is 2.18. The molecule has 196 valence electrons. The third-order valence-electron chi connectivity index (χ3n) is 8.00. The maximum atomic E-state index is 12.9. The van der Waals surface area contributed by atoms with Crippen LogP contribution in [0.5, 0.6) is 5.88 Å². The first-order valence-corrected chi connectivity index (χ1v) is 15.4. The molecule has 3 N–H and O–H groups in total. The zero-order chi connectivity index (χ0) is 26.0. The Morgan fingerprint density at radius 3 is 2.59 bits per heavy atom. The molecule has 37 heavy (non-hydrogen) atoms. The molecular weight excluding hydrogens is 483 g/mol. The molecule has 0 bridgehead atoms. The van der Waals surface area contributed by atoms with Crippen molar-refractivity contribution >= 4 is 24.6 Å². The Kier molecular flexibility index (Phi) is 7.37. The summed E-state index contributed by atoms with van der Waals surface area (Å²) in [5.41, 5.74) is 8.94. The van der Waals surface area contributed by atoms with Gasteiger partial charge in [-0.2, -0.15) is 4.98 Å². The van der Waals surface area contributed by atoms with Crippen molar-refractivity contribution < 1.29 is 14.2 Å². The van der Waals surface area contributed by atoms with Crippen LogP contribution >= 0.6 is 7.37 Å². The summed E-state index contributed by atoms with van der Waals surface area (Å²) in [5, 5.41) is 0. The van der Waals surface area contributed by atoms with E-state index >= 15 is 0 Å². The first-order chi connectivity index (χ1) is 17.7. The molecule has 0 amide bonds. The fourth-order valence-electron chi connectivity index (χ4n) is 5.91. The second-order valence-electron chi connectivity index (χ2n) is 11.2. The minimum Gasteiger partial charge on any atom is -0.463 e. The van der Waals surface area contributed by atoms with Gasteiger partial charge in [0.15, 0.2) is 11.5 Å². The maximum absolute atomic E-state index is 12.9. The number of allylic oxidation sites excluding steroid dienone is 3. The normalized spacial score (nSPS) is 26.3. The van der Waals surface area contributed by atoms with E-state index in [2.05, 4.69) is 28.2 Å².